The third-order valence-electron chi connectivity index (χ3n) is 3.51. The summed E-state index contributed by atoms with van der Waals surface area (Å²) < 4.78 is 0. The predicted octanol–water partition coefficient (Wildman–Crippen LogP) is 3.14. The first-order valence-corrected chi connectivity index (χ1v) is 6.66. The highest BCUT2D eigenvalue weighted by Gasteiger charge is 2.12. The van der Waals surface area contributed by atoms with Gasteiger partial charge in [0.25, 0.3) is 0 Å². The van der Waals surface area contributed by atoms with Crippen molar-refractivity contribution in [3.05, 3.63) is 70.8 Å². The van der Waals surface area contributed by atoms with Gasteiger partial charge in [-0.2, -0.15) is 0 Å². The molecule has 0 bridgehead atoms. The molecule has 2 rings (SSSR count). The van der Waals surface area contributed by atoms with Gasteiger partial charge in [-0.15, -0.1) is 0 Å². The number of benzene rings is 2. The van der Waals surface area contributed by atoms with Crippen LogP contribution in [0.15, 0.2) is 48.5 Å². The second-order valence-electron chi connectivity index (χ2n) is 5.12. The number of aryl methyl sites for hydroxylation is 1. The lowest BCUT2D eigenvalue weighted by Crippen LogP contribution is -2.09. The molecule has 19 heavy (non-hydrogen) atoms. The van der Waals surface area contributed by atoms with Gasteiger partial charge in [-0.25, -0.2) is 0 Å². The van der Waals surface area contributed by atoms with Crippen molar-refractivity contribution in [2.45, 2.75) is 25.9 Å². The molecular formula is C17H21NO. The summed E-state index contributed by atoms with van der Waals surface area (Å²) in [5.74, 6) is 0.310. The predicted molar refractivity (Wildman–Crippen MR) is 79.2 cm³/mol. The van der Waals surface area contributed by atoms with E-state index in [1.165, 1.54) is 5.56 Å². The highest BCUT2D eigenvalue weighted by molar-refractivity contribution is 5.35. The topological polar surface area (TPSA) is 46.2 Å². The number of aliphatic hydroxyl groups excluding tert-OH is 1. The van der Waals surface area contributed by atoms with Crippen molar-refractivity contribution in [1.82, 2.24) is 0 Å². The van der Waals surface area contributed by atoms with Gasteiger partial charge in [0, 0.05) is 0 Å². The van der Waals surface area contributed by atoms with Crippen LogP contribution in [0.25, 0.3) is 0 Å². The molecule has 2 nitrogen and oxygen atoms in total. The minimum atomic E-state index is -0.579. The van der Waals surface area contributed by atoms with Crippen molar-refractivity contribution in [2.75, 3.05) is 6.54 Å². The normalized spacial score (nSPS) is 14.1. The molecule has 2 atom stereocenters. The average molecular weight is 255 g/mol. The molecule has 2 unspecified atom stereocenters. The molecule has 2 aromatic carbocycles. The maximum absolute atomic E-state index is 10.5. The van der Waals surface area contributed by atoms with E-state index in [2.05, 4.69) is 13.0 Å². The van der Waals surface area contributed by atoms with Gasteiger partial charge in [-0.3, -0.25) is 0 Å². The lowest BCUT2D eigenvalue weighted by atomic mass is 9.94. The molecule has 0 saturated carbocycles. The van der Waals surface area contributed by atoms with Gasteiger partial charge < -0.3 is 10.8 Å². The first-order valence-electron chi connectivity index (χ1n) is 6.66. The van der Waals surface area contributed by atoms with Crippen molar-refractivity contribution >= 4 is 0 Å². The standard InChI is InChI=1S/C17H21NO/c1-12-5-3-7-15(9-12)17(19)16-8-4-6-14(10-16)13(2)11-18/h3-10,13,17,19H,11,18H2,1-2H3. The smallest absolute Gasteiger partial charge is 0.104 e. The fourth-order valence-corrected chi connectivity index (χ4v) is 2.20. The molecule has 3 N–H and O–H groups in total. The Hall–Kier alpha value is -1.64. The Morgan fingerprint density at radius 3 is 2.21 bits per heavy atom. The summed E-state index contributed by atoms with van der Waals surface area (Å²) in [6.45, 7) is 4.74. The van der Waals surface area contributed by atoms with Crippen molar-refractivity contribution in [3.8, 4) is 0 Å². The number of aliphatic hydroxyl groups is 1. The number of nitrogens with two attached hydrogens (primary N) is 1. The van der Waals surface area contributed by atoms with Crippen LogP contribution in [-0.4, -0.2) is 11.7 Å². The summed E-state index contributed by atoms with van der Waals surface area (Å²) in [5, 5.41) is 10.5. The van der Waals surface area contributed by atoms with E-state index in [1.54, 1.807) is 0 Å². The van der Waals surface area contributed by atoms with Gasteiger partial charge in [0.15, 0.2) is 0 Å². The Morgan fingerprint density at radius 2 is 1.58 bits per heavy atom. The zero-order valence-electron chi connectivity index (χ0n) is 11.5. The van der Waals surface area contributed by atoms with E-state index in [-0.39, 0.29) is 0 Å². The van der Waals surface area contributed by atoms with Crippen molar-refractivity contribution in [2.24, 2.45) is 5.73 Å². The molecule has 0 fully saturated rings. The summed E-state index contributed by atoms with van der Waals surface area (Å²) in [6.07, 6.45) is -0.579. The van der Waals surface area contributed by atoms with E-state index in [0.29, 0.717) is 12.5 Å². The van der Waals surface area contributed by atoms with Crippen LogP contribution in [-0.2, 0) is 0 Å². The first-order chi connectivity index (χ1) is 9.11. The first kappa shape index (κ1) is 13.8. The second-order valence-corrected chi connectivity index (χ2v) is 5.12. The van der Waals surface area contributed by atoms with Crippen LogP contribution in [0.4, 0.5) is 0 Å². The molecule has 0 amide bonds. The van der Waals surface area contributed by atoms with Gasteiger partial charge >= 0.3 is 0 Å². The zero-order valence-corrected chi connectivity index (χ0v) is 11.5. The van der Waals surface area contributed by atoms with E-state index in [0.717, 1.165) is 16.7 Å². The Labute approximate surface area is 114 Å². The van der Waals surface area contributed by atoms with Crippen LogP contribution in [0.1, 0.15) is 41.2 Å². The molecule has 0 spiro atoms. The van der Waals surface area contributed by atoms with Gasteiger partial charge in [-0.1, -0.05) is 61.0 Å². The largest absolute Gasteiger partial charge is 0.384 e. The Balaban J connectivity index is 2.31. The van der Waals surface area contributed by atoms with Crippen LogP contribution in [0.2, 0.25) is 0 Å². The third kappa shape index (κ3) is 3.22. The fraction of sp³-hybridized carbons (Fsp3) is 0.294. The summed E-state index contributed by atoms with van der Waals surface area (Å²) in [5.41, 5.74) is 9.88. The van der Waals surface area contributed by atoms with Crippen molar-refractivity contribution in [1.29, 1.82) is 0 Å². The molecule has 0 radical (unpaired) electrons. The Bertz CT molecular complexity index is 550. The molecule has 0 aliphatic heterocycles. The van der Waals surface area contributed by atoms with E-state index in [1.807, 2.05) is 49.4 Å². The van der Waals surface area contributed by atoms with Crippen molar-refractivity contribution in [3.63, 3.8) is 0 Å². The lowest BCUT2D eigenvalue weighted by molar-refractivity contribution is 0.220. The maximum Gasteiger partial charge on any atom is 0.104 e. The average Bonchev–Trinajstić information content (AvgIpc) is 2.45. The highest BCUT2D eigenvalue weighted by atomic mass is 16.3. The summed E-state index contributed by atoms with van der Waals surface area (Å²) in [4.78, 5) is 0. The summed E-state index contributed by atoms with van der Waals surface area (Å²) >= 11 is 0. The number of rotatable bonds is 4. The molecule has 0 aromatic heterocycles. The van der Waals surface area contributed by atoms with E-state index in [9.17, 15) is 5.11 Å². The fourth-order valence-electron chi connectivity index (χ4n) is 2.20. The zero-order chi connectivity index (χ0) is 13.8. The van der Waals surface area contributed by atoms with Gasteiger partial charge in [-0.05, 0) is 36.1 Å². The minimum absolute atomic E-state index is 0.310. The lowest BCUT2D eigenvalue weighted by Gasteiger charge is -2.15. The monoisotopic (exact) mass is 255 g/mol. The molecule has 0 aliphatic carbocycles. The van der Waals surface area contributed by atoms with Crippen LogP contribution >= 0.6 is 0 Å². The molecular weight excluding hydrogens is 234 g/mol. The Morgan fingerprint density at radius 1 is 1.00 bits per heavy atom. The SMILES string of the molecule is Cc1cccc(C(O)c2cccc(C(C)CN)c2)c1. The molecule has 100 valence electrons. The summed E-state index contributed by atoms with van der Waals surface area (Å²) in [6, 6.07) is 16.0. The van der Waals surface area contributed by atoms with Gasteiger partial charge in [0.2, 0.25) is 0 Å². The maximum atomic E-state index is 10.5. The van der Waals surface area contributed by atoms with E-state index >= 15 is 0 Å². The molecule has 2 aromatic rings. The Kier molecular flexibility index (Phi) is 4.35. The van der Waals surface area contributed by atoms with Crippen LogP contribution in [0.5, 0.6) is 0 Å². The quantitative estimate of drug-likeness (QED) is 0.881. The van der Waals surface area contributed by atoms with Crippen LogP contribution in [0, 0.1) is 6.92 Å². The van der Waals surface area contributed by atoms with Gasteiger partial charge in [0.05, 0.1) is 0 Å². The molecule has 0 heterocycles. The third-order valence-corrected chi connectivity index (χ3v) is 3.51. The van der Waals surface area contributed by atoms with Crippen LogP contribution < -0.4 is 5.73 Å². The van der Waals surface area contributed by atoms with Gasteiger partial charge in [0.1, 0.15) is 6.10 Å². The molecule has 2 heteroatoms. The highest BCUT2D eigenvalue weighted by Crippen LogP contribution is 2.25. The van der Waals surface area contributed by atoms with E-state index < -0.39 is 6.10 Å². The van der Waals surface area contributed by atoms with Crippen LogP contribution in [0.3, 0.4) is 0 Å². The second kappa shape index (κ2) is 6.00. The van der Waals surface area contributed by atoms with Crippen molar-refractivity contribution < 1.29 is 5.11 Å². The number of hydrogen-bond donors (Lipinski definition) is 2. The summed E-state index contributed by atoms with van der Waals surface area (Å²) in [7, 11) is 0. The molecule has 0 saturated heterocycles. The number of hydrogen-bond acceptors (Lipinski definition) is 2. The molecule has 0 aliphatic rings. The minimum Gasteiger partial charge on any atom is -0.384 e. The van der Waals surface area contributed by atoms with E-state index in [4.69, 9.17) is 5.73 Å².